The van der Waals surface area contributed by atoms with Gasteiger partial charge >= 0.3 is 0 Å². The van der Waals surface area contributed by atoms with Gasteiger partial charge in [0.25, 0.3) is 0 Å². The van der Waals surface area contributed by atoms with Crippen LogP contribution >= 0.6 is 12.4 Å². The van der Waals surface area contributed by atoms with Gasteiger partial charge in [-0.2, -0.15) is 0 Å². The minimum Gasteiger partial charge on any atom is -0.307 e. The first-order chi connectivity index (χ1) is 7.20. The smallest absolute Gasteiger partial charge is 0.136 e. The molecule has 0 spiro atoms. The summed E-state index contributed by atoms with van der Waals surface area (Å²) in [6, 6.07) is 3.36. The largest absolute Gasteiger partial charge is 0.307 e. The van der Waals surface area contributed by atoms with Gasteiger partial charge in [0.05, 0.1) is 6.04 Å². The quantitative estimate of drug-likeness (QED) is 0.811. The fourth-order valence-electron chi connectivity index (χ4n) is 1.94. The summed E-state index contributed by atoms with van der Waals surface area (Å²) in [4.78, 5) is 10.5. The van der Waals surface area contributed by atoms with E-state index in [1.54, 1.807) is 0 Å². The third-order valence-corrected chi connectivity index (χ3v) is 2.73. The normalized spacial score (nSPS) is 23.9. The SMILES string of the molecule is Cl.O=CC1CC(c2ccc(F)cc2F)CN1. The van der Waals surface area contributed by atoms with Crippen LogP contribution < -0.4 is 5.32 Å². The Balaban J connectivity index is 0.00000128. The molecule has 0 bridgehead atoms. The molecule has 0 aliphatic carbocycles. The molecule has 16 heavy (non-hydrogen) atoms. The molecule has 1 saturated heterocycles. The van der Waals surface area contributed by atoms with Crippen LogP contribution in [0.4, 0.5) is 8.78 Å². The van der Waals surface area contributed by atoms with Crippen molar-refractivity contribution in [1.29, 1.82) is 0 Å². The second-order valence-electron chi connectivity index (χ2n) is 3.75. The van der Waals surface area contributed by atoms with Crippen molar-refractivity contribution in [3.63, 3.8) is 0 Å². The van der Waals surface area contributed by atoms with Gasteiger partial charge in [-0.25, -0.2) is 8.78 Å². The summed E-state index contributed by atoms with van der Waals surface area (Å²) in [6.07, 6.45) is 1.40. The molecule has 1 fully saturated rings. The zero-order valence-corrected chi connectivity index (χ0v) is 9.27. The molecule has 0 saturated carbocycles. The van der Waals surface area contributed by atoms with Crippen molar-refractivity contribution < 1.29 is 13.6 Å². The molecule has 1 aliphatic heterocycles. The number of nitrogens with one attached hydrogen (secondary N) is 1. The number of carbonyl (C=O) groups is 1. The minimum atomic E-state index is -0.575. The topological polar surface area (TPSA) is 29.1 Å². The van der Waals surface area contributed by atoms with Crippen LogP contribution in [0, 0.1) is 11.6 Å². The molecule has 1 aromatic carbocycles. The van der Waals surface area contributed by atoms with E-state index in [4.69, 9.17) is 0 Å². The predicted octanol–water partition coefficient (Wildman–Crippen LogP) is 2.03. The molecular formula is C11H12ClF2NO. The van der Waals surface area contributed by atoms with Gasteiger partial charge in [0, 0.05) is 18.5 Å². The highest BCUT2D eigenvalue weighted by molar-refractivity contribution is 5.85. The lowest BCUT2D eigenvalue weighted by atomic mass is 9.96. The Morgan fingerprint density at radius 3 is 2.69 bits per heavy atom. The Labute approximate surface area is 98.4 Å². The molecule has 2 nitrogen and oxygen atoms in total. The van der Waals surface area contributed by atoms with Crippen LogP contribution in [0.5, 0.6) is 0 Å². The molecule has 1 aromatic rings. The second-order valence-corrected chi connectivity index (χ2v) is 3.75. The first-order valence-electron chi connectivity index (χ1n) is 4.84. The summed E-state index contributed by atoms with van der Waals surface area (Å²) in [7, 11) is 0. The van der Waals surface area contributed by atoms with Crippen LogP contribution in [-0.4, -0.2) is 18.9 Å². The lowest BCUT2D eigenvalue weighted by Crippen LogP contribution is -2.22. The van der Waals surface area contributed by atoms with Crippen molar-refractivity contribution in [1.82, 2.24) is 5.32 Å². The number of benzene rings is 1. The monoisotopic (exact) mass is 247 g/mol. The van der Waals surface area contributed by atoms with E-state index in [1.807, 2.05) is 0 Å². The Kier molecular flexibility index (Phi) is 4.38. The maximum absolute atomic E-state index is 13.4. The van der Waals surface area contributed by atoms with Gasteiger partial charge in [-0.3, -0.25) is 0 Å². The molecule has 0 amide bonds. The summed E-state index contributed by atoms with van der Waals surface area (Å²) >= 11 is 0. The number of aldehydes is 1. The molecule has 5 heteroatoms. The third kappa shape index (κ3) is 2.57. The molecule has 1 N–H and O–H groups in total. The number of hydrogen-bond acceptors (Lipinski definition) is 2. The number of halogens is 3. The highest BCUT2D eigenvalue weighted by Crippen LogP contribution is 2.27. The summed E-state index contributed by atoms with van der Waals surface area (Å²) in [5.41, 5.74) is 0.480. The van der Waals surface area contributed by atoms with Gasteiger partial charge in [-0.1, -0.05) is 6.07 Å². The molecule has 0 radical (unpaired) electrons. The van der Waals surface area contributed by atoms with Crippen LogP contribution in [0.1, 0.15) is 17.9 Å². The highest BCUT2D eigenvalue weighted by Gasteiger charge is 2.26. The Bertz CT molecular complexity index is 386. The maximum atomic E-state index is 13.4. The van der Waals surface area contributed by atoms with Crippen LogP contribution in [0.15, 0.2) is 18.2 Å². The summed E-state index contributed by atoms with van der Waals surface area (Å²) < 4.78 is 26.0. The molecule has 2 unspecified atom stereocenters. The van der Waals surface area contributed by atoms with Crippen molar-refractivity contribution in [2.45, 2.75) is 18.4 Å². The van der Waals surface area contributed by atoms with E-state index in [-0.39, 0.29) is 24.4 Å². The number of hydrogen-bond donors (Lipinski definition) is 1. The standard InChI is InChI=1S/C11H11F2NO.ClH/c12-8-1-2-10(11(13)4-8)7-3-9(6-15)14-5-7;/h1-2,4,6-7,9,14H,3,5H2;1H. The van der Waals surface area contributed by atoms with Crippen molar-refractivity contribution in [3.8, 4) is 0 Å². The second kappa shape index (κ2) is 5.37. The van der Waals surface area contributed by atoms with Crippen LogP contribution in [0.25, 0.3) is 0 Å². The summed E-state index contributed by atoms with van der Waals surface area (Å²) in [6.45, 7) is 0.561. The van der Waals surface area contributed by atoms with Crippen molar-refractivity contribution in [2.24, 2.45) is 0 Å². The molecule has 1 heterocycles. The Morgan fingerprint density at radius 1 is 1.38 bits per heavy atom. The van der Waals surface area contributed by atoms with E-state index in [1.165, 1.54) is 12.1 Å². The summed E-state index contributed by atoms with van der Waals surface area (Å²) in [5, 5.41) is 2.97. The fourth-order valence-corrected chi connectivity index (χ4v) is 1.94. The van der Waals surface area contributed by atoms with E-state index < -0.39 is 11.6 Å². The van der Waals surface area contributed by atoms with Gasteiger partial charge in [0.2, 0.25) is 0 Å². The molecule has 88 valence electrons. The van der Waals surface area contributed by atoms with Crippen LogP contribution in [-0.2, 0) is 4.79 Å². The van der Waals surface area contributed by atoms with Crippen LogP contribution in [0.2, 0.25) is 0 Å². The van der Waals surface area contributed by atoms with E-state index >= 15 is 0 Å². The number of rotatable bonds is 2. The molecule has 2 atom stereocenters. The van der Waals surface area contributed by atoms with Gasteiger partial charge in [-0.05, 0) is 18.1 Å². The van der Waals surface area contributed by atoms with E-state index in [2.05, 4.69) is 5.32 Å². The first-order valence-corrected chi connectivity index (χ1v) is 4.84. The van der Waals surface area contributed by atoms with E-state index in [0.29, 0.717) is 18.5 Å². The summed E-state index contributed by atoms with van der Waals surface area (Å²) in [5.74, 6) is -1.15. The first kappa shape index (κ1) is 13.1. The van der Waals surface area contributed by atoms with E-state index in [0.717, 1.165) is 12.4 Å². The lowest BCUT2D eigenvalue weighted by molar-refractivity contribution is -0.109. The average molecular weight is 248 g/mol. The highest BCUT2D eigenvalue weighted by atomic mass is 35.5. The maximum Gasteiger partial charge on any atom is 0.136 e. The van der Waals surface area contributed by atoms with E-state index in [9.17, 15) is 13.6 Å². The van der Waals surface area contributed by atoms with Gasteiger partial charge in [-0.15, -0.1) is 12.4 Å². The lowest BCUT2D eigenvalue weighted by Gasteiger charge is -2.09. The van der Waals surface area contributed by atoms with Gasteiger partial charge in [0.15, 0.2) is 0 Å². The average Bonchev–Trinajstić information content (AvgIpc) is 2.66. The zero-order chi connectivity index (χ0) is 10.8. The zero-order valence-electron chi connectivity index (χ0n) is 8.45. The molecule has 2 rings (SSSR count). The number of carbonyl (C=O) groups excluding carboxylic acids is 1. The Morgan fingerprint density at radius 2 is 2.12 bits per heavy atom. The molecular weight excluding hydrogens is 236 g/mol. The van der Waals surface area contributed by atoms with Crippen molar-refractivity contribution in [3.05, 3.63) is 35.4 Å². The minimum absolute atomic E-state index is 0. The Hall–Kier alpha value is -1.00. The fraction of sp³-hybridized carbons (Fsp3) is 0.364. The van der Waals surface area contributed by atoms with Crippen molar-refractivity contribution >= 4 is 18.7 Å². The van der Waals surface area contributed by atoms with Crippen LogP contribution in [0.3, 0.4) is 0 Å². The van der Waals surface area contributed by atoms with Gasteiger partial charge in [0.1, 0.15) is 17.9 Å². The molecule has 1 aliphatic rings. The third-order valence-electron chi connectivity index (χ3n) is 2.73. The molecule has 0 aromatic heterocycles. The predicted molar refractivity (Wildman–Crippen MR) is 58.8 cm³/mol. The van der Waals surface area contributed by atoms with Gasteiger partial charge < -0.3 is 10.1 Å². The van der Waals surface area contributed by atoms with Crippen molar-refractivity contribution in [2.75, 3.05) is 6.54 Å².